The van der Waals surface area contributed by atoms with E-state index in [0.29, 0.717) is 17.8 Å². The molecule has 13 heavy (non-hydrogen) atoms. The van der Waals surface area contributed by atoms with Crippen molar-refractivity contribution < 1.29 is 0 Å². The highest BCUT2D eigenvalue weighted by Crippen LogP contribution is 2.23. The first-order valence-electron chi connectivity index (χ1n) is 4.71. The van der Waals surface area contributed by atoms with Crippen molar-refractivity contribution in [2.24, 2.45) is 10.8 Å². The normalized spacial score (nSPS) is 12.8. The predicted octanol–water partition coefficient (Wildman–Crippen LogP) is 3.51. The highest BCUT2D eigenvalue weighted by molar-refractivity contribution is 6.05. The van der Waals surface area contributed by atoms with Gasteiger partial charge in [-0.2, -0.15) is 0 Å². The largest absolute Gasteiger partial charge is 0.309 e. The molecule has 2 nitrogen and oxygen atoms in total. The molecular weight excluding hydrogens is 160 g/mol. The highest BCUT2D eigenvalue weighted by Gasteiger charge is 2.23. The molecule has 0 radical (unpaired) electrons. The second kappa shape index (κ2) is 3.60. The van der Waals surface area contributed by atoms with E-state index < -0.39 is 0 Å². The monoisotopic (exact) mass is 182 g/mol. The third kappa shape index (κ3) is 4.20. The molecule has 0 aliphatic rings. The Morgan fingerprint density at radius 3 is 1.15 bits per heavy atom. The van der Waals surface area contributed by atoms with Crippen LogP contribution in [0.5, 0.6) is 0 Å². The molecule has 0 saturated carbocycles. The maximum atomic E-state index is 7.81. The van der Waals surface area contributed by atoms with Crippen LogP contribution in [0.25, 0.3) is 0 Å². The van der Waals surface area contributed by atoms with Gasteiger partial charge in [-0.05, 0) is 10.8 Å². The van der Waals surface area contributed by atoms with Gasteiger partial charge in [-0.25, -0.2) is 0 Å². The fraction of sp³-hybridized carbons (Fsp3) is 0.818. The van der Waals surface area contributed by atoms with Gasteiger partial charge in [0.2, 0.25) is 0 Å². The van der Waals surface area contributed by atoms with Gasteiger partial charge in [-0.3, -0.25) is 0 Å². The van der Waals surface area contributed by atoms with Gasteiger partial charge < -0.3 is 10.8 Å². The zero-order chi connectivity index (χ0) is 10.9. The molecule has 0 aliphatic heterocycles. The molecule has 0 aromatic rings. The highest BCUT2D eigenvalue weighted by atomic mass is 14.5. The van der Waals surface area contributed by atoms with E-state index in [1.54, 1.807) is 0 Å². The van der Waals surface area contributed by atoms with Crippen molar-refractivity contribution in [3.8, 4) is 0 Å². The molecule has 0 aromatic carbocycles. The molecule has 0 heterocycles. The molecule has 0 spiro atoms. The lowest BCUT2D eigenvalue weighted by atomic mass is 9.81. The van der Waals surface area contributed by atoms with E-state index in [0.717, 1.165) is 0 Å². The summed E-state index contributed by atoms with van der Waals surface area (Å²) in [6, 6.07) is 0. The first kappa shape index (κ1) is 12.3. The van der Waals surface area contributed by atoms with Crippen molar-refractivity contribution in [1.29, 1.82) is 10.8 Å². The molecule has 0 unspecified atom stereocenters. The van der Waals surface area contributed by atoms with Gasteiger partial charge in [0, 0.05) is 17.8 Å². The summed E-state index contributed by atoms with van der Waals surface area (Å²) in [7, 11) is 0. The lowest BCUT2D eigenvalue weighted by Gasteiger charge is -2.25. The standard InChI is InChI=1S/C11H22N2/c1-10(2,3)8(12)7-9(13)11(4,5)6/h12-13H,7H2,1-6H3. The minimum Gasteiger partial charge on any atom is -0.309 e. The molecule has 2 heteroatoms. The molecule has 2 N–H and O–H groups in total. The van der Waals surface area contributed by atoms with Crippen LogP contribution < -0.4 is 0 Å². The second-order valence-electron chi connectivity index (χ2n) is 5.63. The molecule has 0 aromatic heterocycles. The average Bonchev–Trinajstić information content (AvgIpc) is 1.82. The predicted molar refractivity (Wildman–Crippen MR) is 59.0 cm³/mol. The van der Waals surface area contributed by atoms with Crippen molar-refractivity contribution in [2.45, 2.75) is 48.0 Å². The number of hydrogen-bond acceptors (Lipinski definition) is 2. The smallest absolute Gasteiger partial charge is 0.0240 e. The molecule has 0 fully saturated rings. The van der Waals surface area contributed by atoms with E-state index in [1.807, 2.05) is 41.5 Å². The summed E-state index contributed by atoms with van der Waals surface area (Å²) in [4.78, 5) is 0. The Hall–Kier alpha value is -0.660. The SMILES string of the molecule is CC(C)(C)C(=N)CC(=N)C(C)(C)C. The Balaban J connectivity index is 4.34. The van der Waals surface area contributed by atoms with Gasteiger partial charge in [0.25, 0.3) is 0 Å². The van der Waals surface area contributed by atoms with E-state index in [2.05, 4.69) is 0 Å². The fourth-order valence-electron chi connectivity index (χ4n) is 0.707. The Labute approximate surface area is 81.8 Å². The summed E-state index contributed by atoms with van der Waals surface area (Å²) in [6.45, 7) is 12.1. The Morgan fingerprint density at radius 2 is 1.00 bits per heavy atom. The minimum atomic E-state index is -0.0997. The average molecular weight is 182 g/mol. The van der Waals surface area contributed by atoms with Gasteiger partial charge in [0.05, 0.1) is 0 Å². The molecule has 0 atom stereocenters. The number of nitrogens with one attached hydrogen (secondary N) is 2. The maximum absolute atomic E-state index is 7.81. The van der Waals surface area contributed by atoms with Crippen LogP contribution in [0.1, 0.15) is 48.0 Å². The van der Waals surface area contributed by atoms with Crippen LogP contribution in [0.2, 0.25) is 0 Å². The summed E-state index contributed by atoms with van der Waals surface area (Å²) in [5.74, 6) is 0. The summed E-state index contributed by atoms with van der Waals surface area (Å²) in [5, 5.41) is 15.6. The molecule has 0 amide bonds. The summed E-state index contributed by atoms with van der Waals surface area (Å²) < 4.78 is 0. The maximum Gasteiger partial charge on any atom is 0.0240 e. The van der Waals surface area contributed by atoms with Gasteiger partial charge in [-0.1, -0.05) is 41.5 Å². The van der Waals surface area contributed by atoms with E-state index in [-0.39, 0.29) is 10.8 Å². The molecule has 0 saturated heterocycles. The fourth-order valence-corrected chi connectivity index (χ4v) is 0.707. The summed E-state index contributed by atoms with van der Waals surface area (Å²) in [5.41, 5.74) is 1.09. The van der Waals surface area contributed by atoms with E-state index in [4.69, 9.17) is 10.8 Å². The molecule has 0 bridgehead atoms. The molecule has 0 aliphatic carbocycles. The van der Waals surface area contributed by atoms with Gasteiger partial charge in [0.1, 0.15) is 0 Å². The Kier molecular flexibility index (Phi) is 3.42. The Bertz CT molecular complexity index is 189. The van der Waals surface area contributed by atoms with Crippen LogP contribution in [0.3, 0.4) is 0 Å². The summed E-state index contributed by atoms with van der Waals surface area (Å²) >= 11 is 0. The third-order valence-electron chi connectivity index (χ3n) is 2.16. The van der Waals surface area contributed by atoms with Crippen LogP contribution in [0.4, 0.5) is 0 Å². The van der Waals surface area contributed by atoms with Crippen molar-refractivity contribution in [2.75, 3.05) is 0 Å². The van der Waals surface area contributed by atoms with E-state index in [9.17, 15) is 0 Å². The lowest BCUT2D eigenvalue weighted by molar-refractivity contribution is 0.559. The topological polar surface area (TPSA) is 47.7 Å². The molecule has 76 valence electrons. The van der Waals surface area contributed by atoms with Crippen LogP contribution in [0, 0.1) is 21.6 Å². The molecular formula is C11H22N2. The van der Waals surface area contributed by atoms with E-state index >= 15 is 0 Å². The van der Waals surface area contributed by atoms with Gasteiger partial charge in [-0.15, -0.1) is 0 Å². The van der Waals surface area contributed by atoms with Crippen LogP contribution in [-0.4, -0.2) is 11.4 Å². The van der Waals surface area contributed by atoms with Crippen molar-refractivity contribution in [3.05, 3.63) is 0 Å². The van der Waals surface area contributed by atoms with Crippen molar-refractivity contribution in [1.82, 2.24) is 0 Å². The minimum absolute atomic E-state index is 0.0997. The van der Waals surface area contributed by atoms with Crippen LogP contribution in [0.15, 0.2) is 0 Å². The summed E-state index contributed by atoms with van der Waals surface area (Å²) in [6.07, 6.45) is 0.507. The Morgan fingerprint density at radius 1 is 0.769 bits per heavy atom. The van der Waals surface area contributed by atoms with Crippen molar-refractivity contribution in [3.63, 3.8) is 0 Å². The van der Waals surface area contributed by atoms with Gasteiger partial charge in [0.15, 0.2) is 0 Å². The van der Waals surface area contributed by atoms with E-state index in [1.165, 1.54) is 0 Å². The second-order valence-corrected chi connectivity index (χ2v) is 5.63. The van der Waals surface area contributed by atoms with Crippen LogP contribution >= 0.6 is 0 Å². The first-order valence-corrected chi connectivity index (χ1v) is 4.71. The zero-order valence-corrected chi connectivity index (χ0v) is 9.71. The van der Waals surface area contributed by atoms with Crippen molar-refractivity contribution >= 4 is 11.4 Å². The van der Waals surface area contributed by atoms with Crippen LogP contribution in [-0.2, 0) is 0 Å². The number of rotatable bonds is 2. The first-order chi connectivity index (χ1) is 5.55. The lowest BCUT2D eigenvalue weighted by Crippen LogP contribution is -2.28. The zero-order valence-electron chi connectivity index (χ0n) is 9.71. The van der Waals surface area contributed by atoms with Gasteiger partial charge >= 0.3 is 0 Å². The third-order valence-corrected chi connectivity index (χ3v) is 2.16. The molecule has 0 rings (SSSR count). The quantitative estimate of drug-likeness (QED) is 0.614. The number of hydrogen-bond donors (Lipinski definition) is 2.